The predicted molar refractivity (Wildman–Crippen MR) is 66.5 cm³/mol. The number of nitrogens with zero attached hydrogens (tertiary/aromatic N) is 1. The topological polar surface area (TPSA) is 35.5 Å². The molecule has 0 amide bonds. The van der Waals surface area contributed by atoms with E-state index in [0.29, 0.717) is 6.04 Å². The molecule has 1 heterocycles. The molecular formula is C13H26N2O. The van der Waals surface area contributed by atoms with E-state index in [-0.39, 0.29) is 6.61 Å². The fourth-order valence-electron chi connectivity index (χ4n) is 3.17. The first-order valence-corrected chi connectivity index (χ1v) is 6.95. The second-order valence-corrected chi connectivity index (χ2v) is 5.43. The molecule has 3 nitrogen and oxygen atoms in total. The zero-order chi connectivity index (χ0) is 11.2. The van der Waals surface area contributed by atoms with Gasteiger partial charge in [0.1, 0.15) is 0 Å². The molecule has 16 heavy (non-hydrogen) atoms. The van der Waals surface area contributed by atoms with Crippen molar-refractivity contribution >= 4 is 0 Å². The average Bonchev–Trinajstić information content (AvgIpc) is 2.75. The fraction of sp³-hybridized carbons (Fsp3) is 1.00. The summed E-state index contributed by atoms with van der Waals surface area (Å²) in [5.41, 5.74) is 0. The third-order valence-corrected chi connectivity index (χ3v) is 4.06. The Bertz CT molecular complexity index is 192. The van der Waals surface area contributed by atoms with Gasteiger partial charge in [-0.15, -0.1) is 0 Å². The first-order valence-electron chi connectivity index (χ1n) is 6.95. The van der Waals surface area contributed by atoms with Crippen molar-refractivity contribution < 1.29 is 5.11 Å². The summed E-state index contributed by atoms with van der Waals surface area (Å²) in [7, 11) is 0. The average molecular weight is 226 g/mol. The Kier molecular flexibility index (Phi) is 5.07. The molecule has 1 saturated carbocycles. The van der Waals surface area contributed by atoms with Crippen LogP contribution in [-0.2, 0) is 0 Å². The van der Waals surface area contributed by atoms with Crippen LogP contribution in [-0.4, -0.2) is 48.8 Å². The zero-order valence-corrected chi connectivity index (χ0v) is 10.3. The molecule has 0 aromatic heterocycles. The summed E-state index contributed by atoms with van der Waals surface area (Å²) in [6.45, 7) is 4.77. The summed E-state index contributed by atoms with van der Waals surface area (Å²) in [5, 5.41) is 12.2. The van der Waals surface area contributed by atoms with Crippen molar-refractivity contribution in [2.45, 2.75) is 44.6 Å². The van der Waals surface area contributed by atoms with Gasteiger partial charge in [-0.2, -0.15) is 0 Å². The highest BCUT2D eigenvalue weighted by Gasteiger charge is 2.24. The van der Waals surface area contributed by atoms with Gasteiger partial charge in [0.05, 0.1) is 6.61 Å². The third kappa shape index (κ3) is 3.72. The minimum atomic E-state index is 0.263. The van der Waals surface area contributed by atoms with E-state index in [2.05, 4.69) is 10.2 Å². The Balaban J connectivity index is 1.63. The Morgan fingerprint density at radius 1 is 1.12 bits per heavy atom. The molecule has 1 aliphatic carbocycles. The van der Waals surface area contributed by atoms with Gasteiger partial charge in [0.15, 0.2) is 0 Å². The van der Waals surface area contributed by atoms with Gasteiger partial charge in [0.25, 0.3) is 0 Å². The smallest absolute Gasteiger partial charge is 0.0556 e. The monoisotopic (exact) mass is 226 g/mol. The highest BCUT2D eigenvalue weighted by atomic mass is 16.3. The van der Waals surface area contributed by atoms with Gasteiger partial charge in [0.2, 0.25) is 0 Å². The van der Waals surface area contributed by atoms with Gasteiger partial charge in [-0.1, -0.05) is 19.3 Å². The van der Waals surface area contributed by atoms with E-state index in [1.54, 1.807) is 0 Å². The second kappa shape index (κ2) is 6.58. The van der Waals surface area contributed by atoms with Crippen LogP contribution in [0, 0.1) is 5.92 Å². The highest BCUT2D eigenvalue weighted by Crippen LogP contribution is 2.25. The number of aliphatic hydroxyl groups is 1. The molecule has 2 fully saturated rings. The number of nitrogens with one attached hydrogen (secondary N) is 1. The predicted octanol–water partition coefficient (Wildman–Crippen LogP) is 1.22. The Morgan fingerprint density at radius 2 is 1.94 bits per heavy atom. The lowest BCUT2D eigenvalue weighted by atomic mass is 9.89. The summed E-state index contributed by atoms with van der Waals surface area (Å²) in [4.78, 5) is 2.62. The summed E-state index contributed by atoms with van der Waals surface area (Å²) in [5.74, 6) is 0.963. The molecule has 0 bridgehead atoms. The standard InChI is InChI=1S/C13H26N2O/c16-9-7-14-13-6-8-15(11-13)10-12-4-2-1-3-5-12/h12-14,16H,1-11H2. The van der Waals surface area contributed by atoms with Crippen molar-refractivity contribution in [2.75, 3.05) is 32.8 Å². The molecule has 94 valence electrons. The van der Waals surface area contributed by atoms with Gasteiger partial charge in [0, 0.05) is 25.7 Å². The maximum atomic E-state index is 8.78. The van der Waals surface area contributed by atoms with Crippen molar-refractivity contribution in [3.8, 4) is 0 Å². The van der Waals surface area contributed by atoms with Crippen molar-refractivity contribution in [3.63, 3.8) is 0 Å². The van der Waals surface area contributed by atoms with Crippen molar-refractivity contribution in [1.82, 2.24) is 10.2 Å². The van der Waals surface area contributed by atoms with E-state index >= 15 is 0 Å². The largest absolute Gasteiger partial charge is 0.395 e. The fourth-order valence-corrected chi connectivity index (χ4v) is 3.17. The molecule has 0 aromatic rings. The van der Waals surface area contributed by atoms with E-state index in [4.69, 9.17) is 5.11 Å². The Morgan fingerprint density at radius 3 is 2.69 bits per heavy atom. The van der Waals surface area contributed by atoms with Crippen LogP contribution in [0.1, 0.15) is 38.5 Å². The Labute approximate surface area is 99.2 Å². The van der Waals surface area contributed by atoms with Crippen LogP contribution >= 0.6 is 0 Å². The minimum Gasteiger partial charge on any atom is -0.395 e. The lowest BCUT2D eigenvalue weighted by Gasteiger charge is -2.26. The van der Waals surface area contributed by atoms with E-state index < -0.39 is 0 Å². The number of hydrogen-bond donors (Lipinski definition) is 2. The van der Waals surface area contributed by atoms with Crippen LogP contribution in [0.2, 0.25) is 0 Å². The van der Waals surface area contributed by atoms with Crippen LogP contribution in [0.5, 0.6) is 0 Å². The number of hydrogen-bond acceptors (Lipinski definition) is 3. The van der Waals surface area contributed by atoms with Crippen LogP contribution < -0.4 is 5.32 Å². The number of likely N-dealkylation sites (tertiary alicyclic amines) is 1. The maximum absolute atomic E-state index is 8.78. The quantitative estimate of drug-likeness (QED) is 0.740. The first kappa shape index (κ1) is 12.3. The van der Waals surface area contributed by atoms with Gasteiger partial charge in [-0.3, -0.25) is 0 Å². The summed E-state index contributed by atoms with van der Waals surface area (Å²) < 4.78 is 0. The minimum absolute atomic E-state index is 0.263. The molecular weight excluding hydrogens is 200 g/mol. The summed E-state index contributed by atoms with van der Waals surface area (Å²) in [6, 6.07) is 0.621. The van der Waals surface area contributed by atoms with Crippen molar-refractivity contribution in [3.05, 3.63) is 0 Å². The third-order valence-electron chi connectivity index (χ3n) is 4.06. The molecule has 0 spiro atoms. The molecule has 1 saturated heterocycles. The molecule has 1 atom stereocenters. The summed E-state index contributed by atoms with van der Waals surface area (Å²) in [6.07, 6.45) is 8.51. The maximum Gasteiger partial charge on any atom is 0.0556 e. The van der Waals surface area contributed by atoms with Crippen LogP contribution in [0.15, 0.2) is 0 Å². The normalized spacial score (nSPS) is 28.7. The van der Waals surface area contributed by atoms with E-state index in [1.807, 2.05) is 0 Å². The second-order valence-electron chi connectivity index (χ2n) is 5.43. The van der Waals surface area contributed by atoms with Crippen LogP contribution in [0.25, 0.3) is 0 Å². The SMILES string of the molecule is OCCNC1CCN(CC2CCCCC2)C1. The molecule has 2 rings (SSSR count). The van der Waals surface area contributed by atoms with E-state index in [9.17, 15) is 0 Å². The van der Waals surface area contributed by atoms with Gasteiger partial charge in [-0.25, -0.2) is 0 Å². The molecule has 2 aliphatic rings. The van der Waals surface area contributed by atoms with Crippen molar-refractivity contribution in [2.24, 2.45) is 5.92 Å². The molecule has 0 radical (unpaired) electrons. The number of rotatable bonds is 5. The van der Waals surface area contributed by atoms with Crippen LogP contribution in [0.4, 0.5) is 0 Å². The van der Waals surface area contributed by atoms with E-state index in [0.717, 1.165) is 12.5 Å². The van der Waals surface area contributed by atoms with Gasteiger partial charge >= 0.3 is 0 Å². The molecule has 2 N–H and O–H groups in total. The molecule has 1 unspecified atom stereocenters. The van der Waals surface area contributed by atoms with E-state index in [1.165, 1.54) is 58.2 Å². The zero-order valence-electron chi connectivity index (χ0n) is 10.3. The number of aliphatic hydroxyl groups excluding tert-OH is 1. The lowest BCUT2D eigenvalue weighted by Crippen LogP contribution is -2.35. The van der Waals surface area contributed by atoms with Crippen LogP contribution in [0.3, 0.4) is 0 Å². The van der Waals surface area contributed by atoms with Gasteiger partial charge < -0.3 is 15.3 Å². The summed E-state index contributed by atoms with van der Waals surface area (Å²) >= 11 is 0. The highest BCUT2D eigenvalue weighted by molar-refractivity contribution is 4.82. The van der Waals surface area contributed by atoms with Gasteiger partial charge in [-0.05, 0) is 31.7 Å². The Hall–Kier alpha value is -0.120. The molecule has 1 aliphatic heterocycles. The first-order chi connectivity index (χ1) is 7.88. The molecule has 0 aromatic carbocycles. The van der Waals surface area contributed by atoms with Crippen molar-refractivity contribution in [1.29, 1.82) is 0 Å². The molecule has 3 heteroatoms. The lowest BCUT2D eigenvalue weighted by molar-refractivity contribution is 0.228.